The first-order chi connectivity index (χ1) is 9.08. The lowest BCUT2D eigenvalue weighted by molar-refractivity contribution is -0.120. The van der Waals surface area contributed by atoms with Crippen LogP contribution in [0, 0.1) is 0 Å². The molecule has 0 fully saturated rings. The topological polar surface area (TPSA) is 47.6 Å². The summed E-state index contributed by atoms with van der Waals surface area (Å²) in [5, 5.41) is 2.80. The van der Waals surface area contributed by atoms with Gasteiger partial charge in [0.05, 0.1) is 20.1 Å². The number of carbonyl (C=O) groups excluding carboxylic acids is 1. The first kappa shape index (κ1) is 15.5. The largest absolute Gasteiger partial charge is 0.496 e. The zero-order valence-corrected chi connectivity index (χ0v) is 12.2. The van der Waals surface area contributed by atoms with Crippen LogP contribution >= 0.6 is 0 Å². The zero-order chi connectivity index (χ0) is 14.3. The minimum atomic E-state index is -0.0207. The van der Waals surface area contributed by atoms with Crippen LogP contribution in [0.1, 0.15) is 30.9 Å². The summed E-state index contributed by atoms with van der Waals surface area (Å²) in [6.07, 6.45) is 0.325. The quantitative estimate of drug-likeness (QED) is 0.768. The normalized spacial score (nSPS) is 10.6. The number of rotatable bonds is 7. The minimum Gasteiger partial charge on any atom is -0.496 e. The van der Waals surface area contributed by atoms with Crippen LogP contribution in [0.25, 0.3) is 0 Å². The van der Waals surface area contributed by atoms with Gasteiger partial charge in [0.1, 0.15) is 5.75 Å². The SMILES string of the molecule is COCCNC(=O)Cc1ccc(C(C)C)cc1OC. The van der Waals surface area contributed by atoms with E-state index in [0.29, 0.717) is 25.5 Å². The maximum Gasteiger partial charge on any atom is 0.224 e. The Labute approximate surface area is 115 Å². The van der Waals surface area contributed by atoms with Gasteiger partial charge >= 0.3 is 0 Å². The van der Waals surface area contributed by atoms with Crippen molar-refractivity contribution >= 4 is 5.91 Å². The number of methoxy groups -OCH3 is 2. The highest BCUT2D eigenvalue weighted by Gasteiger charge is 2.10. The van der Waals surface area contributed by atoms with E-state index in [1.807, 2.05) is 18.2 Å². The standard InChI is InChI=1S/C15H23NO3/c1-11(2)12-5-6-13(14(9-12)19-4)10-15(17)16-7-8-18-3/h5-6,9,11H,7-8,10H2,1-4H3,(H,16,17). The third-order valence-electron chi connectivity index (χ3n) is 2.96. The molecule has 0 aliphatic carbocycles. The fourth-order valence-electron chi connectivity index (χ4n) is 1.79. The molecule has 0 atom stereocenters. The number of hydrogen-bond acceptors (Lipinski definition) is 3. The first-order valence-corrected chi connectivity index (χ1v) is 6.51. The van der Waals surface area contributed by atoms with E-state index < -0.39 is 0 Å². The highest BCUT2D eigenvalue weighted by molar-refractivity contribution is 5.79. The van der Waals surface area contributed by atoms with Gasteiger partial charge < -0.3 is 14.8 Å². The Hall–Kier alpha value is -1.55. The molecule has 1 aromatic carbocycles. The number of amides is 1. The van der Waals surface area contributed by atoms with Crippen LogP contribution in [-0.4, -0.2) is 33.3 Å². The van der Waals surface area contributed by atoms with Gasteiger partial charge in [-0.1, -0.05) is 26.0 Å². The van der Waals surface area contributed by atoms with Gasteiger partial charge in [0.2, 0.25) is 5.91 Å². The lowest BCUT2D eigenvalue weighted by atomic mass is 9.99. The minimum absolute atomic E-state index is 0.0207. The van der Waals surface area contributed by atoms with Crippen LogP contribution in [0.2, 0.25) is 0 Å². The molecule has 0 spiro atoms. The fourth-order valence-corrected chi connectivity index (χ4v) is 1.79. The Kier molecular flexibility index (Phi) is 6.36. The van der Waals surface area contributed by atoms with E-state index in [1.165, 1.54) is 5.56 Å². The molecule has 0 saturated heterocycles. The molecular formula is C15H23NO3. The van der Waals surface area contributed by atoms with E-state index in [9.17, 15) is 4.79 Å². The van der Waals surface area contributed by atoms with Crippen molar-refractivity contribution in [2.45, 2.75) is 26.2 Å². The van der Waals surface area contributed by atoms with Crippen LogP contribution in [0.5, 0.6) is 5.75 Å². The molecule has 0 aliphatic rings. The van der Waals surface area contributed by atoms with E-state index in [-0.39, 0.29) is 5.91 Å². The Morgan fingerprint density at radius 3 is 2.63 bits per heavy atom. The predicted molar refractivity (Wildman–Crippen MR) is 75.7 cm³/mol. The Bertz CT molecular complexity index is 416. The van der Waals surface area contributed by atoms with Crippen LogP contribution in [0.15, 0.2) is 18.2 Å². The number of benzene rings is 1. The molecule has 0 saturated carbocycles. The molecule has 0 aromatic heterocycles. The van der Waals surface area contributed by atoms with Gasteiger partial charge in [0.15, 0.2) is 0 Å². The van der Waals surface area contributed by atoms with E-state index in [4.69, 9.17) is 9.47 Å². The van der Waals surface area contributed by atoms with Gasteiger partial charge in [-0.15, -0.1) is 0 Å². The molecule has 19 heavy (non-hydrogen) atoms. The zero-order valence-electron chi connectivity index (χ0n) is 12.2. The first-order valence-electron chi connectivity index (χ1n) is 6.51. The van der Waals surface area contributed by atoms with Crippen molar-refractivity contribution in [3.63, 3.8) is 0 Å². The molecule has 0 bridgehead atoms. The summed E-state index contributed by atoms with van der Waals surface area (Å²) in [5.41, 5.74) is 2.11. The summed E-state index contributed by atoms with van der Waals surface area (Å²) in [6.45, 7) is 5.31. The number of carbonyl (C=O) groups is 1. The summed E-state index contributed by atoms with van der Waals surface area (Å²) in [7, 11) is 3.24. The molecular weight excluding hydrogens is 242 g/mol. The number of hydrogen-bond donors (Lipinski definition) is 1. The van der Waals surface area contributed by atoms with Gasteiger partial charge in [0, 0.05) is 19.2 Å². The summed E-state index contributed by atoms with van der Waals surface area (Å²) < 4.78 is 10.2. The molecule has 4 heteroatoms. The van der Waals surface area contributed by atoms with Gasteiger partial charge in [-0.3, -0.25) is 4.79 Å². The maximum absolute atomic E-state index is 11.8. The molecule has 0 radical (unpaired) electrons. The molecule has 1 aromatic rings. The van der Waals surface area contributed by atoms with Crippen LogP contribution in [0.3, 0.4) is 0 Å². The summed E-state index contributed by atoms with van der Waals surface area (Å²) in [4.78, 5) is 11.8. The maximum atomic E-state index is 11.8. The van der Waals surface area contributed by atoms with Gasteiger partial charge in [-0.05, 0) is 17.5 Å². The van der Waals surface area contributed by atoms with E-state index in [1.54, 1.807) is 14.2 Å². The average molecular weight is 265 g/mol. The number of ether oxygens (including phenoxy) is 2. The fraction of sp³-hybridized carbons (Fsp3) is 0.533. The van der Waals surface area contributed by atoms with Crippen LogP contribution in [-0.2, 0) is 16.0 Å². The summed E-state index contributed by atoms with van der Waals surface area (Å²) >= 11 is 0. The lowest BCUT2D eigenvalue weighted by Gasteiger charge is -2.12. The second kappa shape index (κ2) is 7.79. The Morgan fingerprint density at radius 1 is 1.32 bits per heavy atom. The van der Waals surface area contributed by atoms with Gasteiger partial charge in [-0.25, -0.2) is 0 Å². The van der Waals surface area contributed by atoms with E-state index >= 15 is 0 Å². The van der Waals surface area contributed by atoms with Crippen LogP contribution in [0.4, 0.5) is 0 Å². The van der Waals surface area contributed by atoms with Gasteiger partial charge in [-0.2, -0.15) is 0 Å². The Morgan fingerprint density at radius 2 is 2.05 bits per heavy atom. The molecule has 1 rings (SSSR count). The van der Waals surface area contributed by atoms with Crippen molar-refractivity contribution in [3.8, 4) is 5.75 Å². The van der Waals surface area contributed by atoms with E-state index in [0.717, 1.165) is 11.3 Å². The predicted octanol–water partition coefficient (Wildman–Crippen LogP) is 2.12. The highest BCUT2D eigenvalue weighted by Crippen LogP contribution is 2.25. The van der Waals surface area contributed by atoms with Crippen LogP contribution < -0.4 is 10.1 Å². The van der Waals surface area contributed by atoms with Crippen molar-refractivity contribution in [1.29, 1.82) is 0 Å². The summed E-state index contributed by atoms with van der Waals surface area (Å²) in [5.74, 6) is 1.19. The van der Waals surface area contributed by atoms with Crippen molar-refractivity contribution in [3.05, 3.63) is 29.3 Å². The molecule has 4 nitrogen and oxygen atoms in total. The molecule has 0 heterocycles. The highest BCUT2D eigenvalue weighted by atomic mass is 16.5. The van der Waals surface area contributed by atoms with Crippen molar-refractivity contribution in [1.82, 2.24) is 5.32 Å². The molecule has 1 N–H and O–H groups in total. The third-order valence-corrected chi connectivity index (χ3v) is 2.96. The summed E-state index contributed by atoms with van der Waals surface area (Å²) in [6, 6.07) is 6.01. The van der Waals surface area contributed by atoms with Crippen molar-refractivity contribution in [2.75, 3.05) is 27.4 Å². The molecule has 0 aliphatic heterocycles. The molecule has 0 unspecified atom stereocenters. The van der Waals surface area contributed by atoms with Crippen molar-refractivity contribution < 1.29 is 14.3 Å². The third kappa shape index (κ3) is 4.91. The molecule has 1 amide bonds. The smallest absolute Gasteiger partial charge is 0.224 e. The second-order valence-corrected chi connectivity index (χ2v) is 4.75. The monoisotopic (exact) mass is 265 g/mol. The molecule has 106 valence electrons. The Balaban J connectivity index is 2.69. The average Bonchev–Trinajstić information content (AvgIpc) is 2.39. The van der Waals surface area contributed by atoms with Crippen molar-refractivity contribution in [2.24, 2.45) is 0 Å². The lowest BCUT2D eigenvalue weighted by Crippen LogP contribution is -2.28. The second-order valence-electron chi connectivity index (χ2n) is 4.75. The van der Waals surface area contributed by atoms with Gasteiger partial charge in [0.25, 0.3) is 0 Å². The number of nitrogens with one attached hydrogen (secondary N) is 1. The van der Waals surface area contributed by atoms with E-state index in [2.05, 4.69) is 19.2 Å².